The number of ether oxygens (including phenoxy) is 1. The van der Waals surface area contributed by atoms with Gasteiger partial charge in [0.2, 0.25) is 15.9 Å². The second kappa shape index (κ2) is 9.19. The molecule has 0 fully saturated rings. The third-order valence-electron chi connectivity index (χ3n) is 4.84. The van der Waals surface area contributed by atoms with E-state index in [-0.39, 0.29) is 23.7 Å². The van der Waals surface area contributed by atoms with Gasteiger partial charge in [-0.3, -0.25) is 0 Å². The second-order valence-corrected chi connectivity index (χ2v) is 9.78. The van der Waals surface area contributed by atoms with Crippen LogP contribution < -0.4 is 15.2 Å². The Bertz CT molecular complexity index is 1220. The summed E-state index contributed by atoms with van der Waals surface area (Å²) in [7, 11) is -2.25. The number of nitrogen functional groups attached to an aromatic ring is 1. The second-order valence-electron chi connectivity index (χ2n) is 8.01. The van der Waals surface area contributed by atoms with Crippen molar-refractivity contribution in [2.75, 3.05) is 19.4 Å². The fourth-order valence-electron chi connectivity index (χ4n) is 3.03. The quantitative estimate of drug-likeness (QED) is 0.469. The molecule has 0 saturated carbocycles. The predicted molar refractivity (Wildman–Crippen MR) is 123 cm³/mol. The Labute approximate surface area is 187 Å². The highest BCUT2D eigenvalue weighted by atomic mass is 32.2. The highest BCUT2D eigenvalue weighted by Crippen LogP contribution is 2.30. The molecule has 0 aliphatic carbocycles. The first-order chi connectivity index (χ1) is 15.0. The Kier molecular flexibility index (Phi) is 6.77. The molecule has 0 unspecified atom stereocenters. The van der Waals surface area contributed by atoms with Gasteiger partial charge >= 0.3 is 0 Å². The van der Waals surface area contributed by atoms with Crippen molar-refractivity contribution in [3.05, 3.63) is 48.3 Å². The van der Waals surface area contributed by atoms with Crippen LogP contribution >= 0.6 is 0 Å². The number of nitrogens with zero attached hydrogens (tertiary/aromatic N) is 3. The molecule has 3 aromatic rings. The van der Waals surface area contributed by atoms with E-state index in [1.165, 1.54) is 19.4 Å². The maximum atomic E-state index is 12.8. The number of aromatic nitrogens is 3. The zero-order valence-corrected chi connectivity index (χ0v) is 19.3. The molecule has 0 atom stereocenters. The number of sulfonamides is 1. The summed E-state index contributed by atoms with van der Waals surface area (Å²) in [6, 6.07) is 8.24. The fourth-order valence-corrected chi connectivity index (χ4v) is 4.09. The molecule has 0 bridgehead atoms. The van der Waals surface area contributed by atoms with E-state index in [1.54, 1.807) is 44.3 Å². The predicted octanol–water partition coefficient (Wildman–Crippen LogP) is 2.54. The Hall–Kier alpha value is -3.08. The van der Waals surface area contributed by atoms with E-state index in [0.717, 1.165) is 5.56 Å². The Morgan fingerprint density at radius 1 is 1.19 bits per heavy atom. The molecule has 1 aromatic carbocycles. The van der Waals surface area contributed by atoms with Crippen LogP contribution in [0.1, 0.15) is 25.8 Å². The van der Waals surface area contributed by atoms with Crippen LogP contribution in [0, 0.1) is 6.92 Å². The fraction of sp³-hybridized carbons (Fsp3) is 0.318. The zero-order valence-electron chi connectivity index (χ0n) is 18.5. The molecule has 0 saturated heterocycles. The number of nitrogens with one attached hydrogen (secondary N) is 1. The van der Waals surface area contributed by atoms with Gasteiger partial charge in [-0.15, -0.1) is 0 Å². The summed E-state index contributed by atoms with van der Waals surface area (Å²) in [6.07, 6.45) is 3.38. The number of pyridine rings is 1. The first-order valence-electron chi connectivity index (χ1n) is 9.96. The first-order valence-corrected chi connectivity index (χ1v) is 11.4. The van der Waals surface area contributed by atoms with Gasteiger partial charge in [0.15, 0.2) is 0 Å². The third kappa shape index (κ3) is 5.58. The van der Waals surface area contributed by atoms with E-state index >= 15 is 0 Å². The highest BCUT2D eigenvalue weighted by Gasteiger charge is 2.19. The lowest BCUT2D eigenvalue weighted by molar-refractivity contribution is 0.0728. The van der Waals surface area contributed by atoms with Gasteiger partial charge in [0.25, 0.3) is 0 Å². The van der Waals surface area contributed by atoms with Crippen molar-refractivity contribution in [2.24, 2.45) is 0 Å². The van der Waals surface area contributed by atoms with Gasteiger partial charge in [-0.05, 0) is 51.0 Å². The molecule has 0 aliphatic heterocycles. The summed E-state index contributed by atoms with van der Waals surface area (Å²) in [4.78, 5) is 13.1. The summed E-state index contributed by atoms with van der Waals surface area (Å²) >= 11 is 0. The van der Waals surface area contributed by atoms with Crippen molar-refractivity contribution in [3.63, 3.8) is 0 Å². The molecule has 3 rings (SSSR count). The highest BCUT2D eigenvalue weighted by molar-refractivity contribution is 7.89. The van der Waals surface area contributed by atoms with E-state index < -0.39 is 15.6 Å². The van der Waals surface area contributed by atoms with Crippen LogP contribution in [-0.2, 0) is 10.0 Å². The number of rotatable bonds is 8. The lowest BCUT2D eigenvalue weighted by Gasteiger charge is -2.17. The van der Waals surface area contributed by atoms with Crippen LogP contribution in [0.15, 0.2) is 47.6 Å². The Balaban J connectivity index is 1.98. The summed E-state index contributed by atoms with van der Waals surface area (Å²) in [5, 5.41) is 9.82. The van der Waals surface area contributed by atoms with Gasteiger partial charge in [0, 0.05) is 29.9 Å². The van der Waals surface area contributed by atoms with Gasteiger partial charge in [-0.25, -0.2) is 28.1 Å². The Morgan fingerprint density at radius 2 is 1.94 bits per heavy atom. The maximum absolute atomic E-state index is 12.8. The van der Waals surface area contributed by atoms with Crippen molar-refractivity contribution in [2.45, 2.75) is 37.7 Å². The molecular formula is C22H27N5O4S. The third-order valence-corrected chi connectivity index (χ3v) is 6.30. The van der Waals surface area contributed by atoms with Crippen LogP contribution in [0.3, 0.4) is 0 Å². The molecule has 2 heterocycles. The van der Waals surface area contributed by atoms with Gasteiger partial charge in [-0.1, -0.05) is 6.07 Å². The zero-order chi connectivity index (χ0) is 23.5. The van der Waals surface area contributed by atoms with Gasteiger partial charge in [0.05, 0.1) is 29.5 Å². The first kappa shape index (κ1) is 23.6. The van der Waals surface area contributed by atoms with E-state index in [1.807, 2.05) is 6.92 Å². The minimum Gasteiger partial charge on any atom is -0.481 e. The summed E-state index contributed by atoms with van der Waals surface area (Å²) in [6.45, 7) is 5.23. The van der Waals surface area contributed by atoms with E-state index in [0.29, 0.717) is 28.4 Å². The minimum absolute atomic E-state index is 0.0969. The lowest BCUT2D eigenvalue weighted by atomic mass is 10.1. The van der Waals surface area contributed by atoms with Crippen LogP contribution in [-0.4, -0.2) is 47.7 Å². The molecular weight excluding hydrogens is 430 g/mol. The number of aliphatic hydroxyl groups is 1. The van der Waals surface area contributed by atoms with Crippen LogP contribution in [0.4, 0.5) is 5.82 Å². The number of aryl methyl sites for hydroxylation is 1. The van der Waals surface area contributed by atoms with Crippen molar-refractivity contribution in [3.8, 4) is 28.4 Å². The van der Waals surface area contributed by atoms with Crippen molar-refractivity contribution < 1.29 is 18.3 Å². The lowest BCUT2D eigenvalue weighted by Crippen LogP contribution is -2.30. The van der Waals surface area contributed by atoms with Gasteiger partial charge < -0.3 is 15.6 Å². The molecule has 170 valence electrons. The normalized spacial score (nSPS) is 12.0. The molecule has 0 spiro atoms. The summed E-state index contributed by atoms with van der Waals surface area (Å²) < 4.78 is 33.2. The van der Waals surface area contributed by atoms with Crippen LogP contribution in [0.25, 0.3) is 22.5 Å². The molecule has 0 radical (unpaired) electrons. The van der Waals surface area contributed by atoms with Gasteiger partial charge in [-0.2, -0.15) is 0 Å². The largest absolute Gasteiger partial charge is 0.481 e. The monoisotopic (exact) mass is 457 g/mol. The summed E-state index contributed by atoms with van der Waals surface area (Å²) in [5.74, 6) is 0.646. The van der Waals surface area contributed by atoms with Crippen molar-refractivity contribution >= 4 is 15.8 Å². The average Bonchev–Trinajstić information content (AvgIpc) is 2.73. The molecule has 0 aliphatic rings. The van der Waals surface area contributed by atoms with E-state index in [9.17, 15) is 13.5 Å². The number of nitrogens with two attached hydrogens (primary N) is 1. The average molecular weight is 458 g/mol. The molecule has 0 amide bonds. The SMILES string of the molecule is COc1cc(-c2nc(-c3cc(S(=O)(=O)NCCC(C)(C)O)ccc3C)cnc2N)ccn1. The molecule has 4 N–H and O–H groups in total. The number of methoxy groups -OCH3 is 1. The van der Waals surface area contributed by atoms with Crippen molar-refractivity contribution in [1.29, 1.82) is 0 Å². The van der Waals surface area contributed by atoms with Crippen LogP contribution in [0.2, 0.25) is 0 Å². The molecule has 9 nitrogen and oxygen atoms in total. The topological polar surface area (TPSA) is 140 Å². The van der Waals surface area contributed by atoms with Gasteiger partial charge in [0.1, 0.15) is 11.5 Å². The van der Waals surface area contributed by atoms with E-state index in [2.05, 4.69) is 19.7 Å². The summed E-state index contributed by atoms with van der Waals surface area (Å²) in [5.41, 5.74) is 8.14. The van der Waals surface area contributed by atoms with E-state index in [4.69, 9.17) is 10.5 Å². The number of anilines is 1. The van der Waals surface area contributed by atoms with Crippen molar-refractivity contribution in [1.82, 2.24) is 19.7 Å². The molecule has 10 heteroatoms. The standard InChI is InChI=1S/C22H27N5O4S/c1-14-5-6-16(32(29,30)26-10-8-22(2,3)28)12-17(14)18-13-25-21(23)20(27-18)15-7-9-24-19(11-15)31-4/h5-7,9,11-13,26,28H,8,10H2,1-4H3,(H2,23,25). The maximum Gasteiger partial charge on any atom is 0.240 e. The number of hydrogen-bond acceptors (Lipinski definition) is 8. The molecule has 32 heavy (non-hydrogen) atoms. The smallest absolute Gasteiger partial charge is 0.240 e. The minimum atomic E-state index is -3.77. The number of benzene rings is 1. The van der Waals surface area contributed by atoms with Crippen LogP contribution in [0.5, 0.6) is 5.88 Å². The molecule has 2 aromatic heterocycles. The number of hydrogen-bond donors (Lipinski definition) is 3. The Morgan fingerprint density at radius 3 is 2.62 bits per heavy atom.